The summed E-state index contributed by atoms with van der Waals surface area (Å²) in [5, 5.41) is 8.86. The second kappa shape index (κ2) is 5.50. The van der Waals surface area contributed by atoms with E-state index in [1.807, 2.05) is 12.1 Å². The Morgan fingerprint density at radius 2 is 2.19 bits per heavy atom. The van der Waals surface area contributed by atoms with Crippen molar-refractivity contribution in [2.24, 2.45) is 5.92 Å². The molecule has 1 aromatic heterocycles. The number of rotatable bonds is 3. The molecule has 84 valence electrons. The van der Waals surface area contributed by atoms with Crippen LogP contribution in [-0.4, -0.2) is 11.6 Å². The molecule has 1 fully saturated rings. The molecular weight excluding hydrogens is 200 g/mol. The third kappa shape index (κ3) is 2.73. The summed E-state index contributed by atoms with van der Waals surface area (Å²) in [5.41, 5.74) is 0.387. The minimum atomic E-state index is 0.387. The summed E-state index contributed by atoms with van der Waals surface area (Å²) < 4.78 is 5.68. The first kappa shape index (κ1) is 10.9. The molecule has 0 atom stereocenters. The van der Waals surface area contributed by atoms with Crippen LogP contribution in [0.25, 0.3) is 0 Å². The van der Waals surface area contributed by atoms with Gasteiger partial charge in [-0.3, -0.25) is 0 Å². The fraction of sp³-hybridized carbons (Fsp3) is 0.538. The van der Waals surface area contributed by atoms with Crippen LogP contribution in [0.3, 0.4) is 0 Å². The Morgan fingerprint density at radius 1 is 1.38 bits per heavy atom. The maximum absolute atomic E-state index is 8.86. The molecule has 0 saturated heterocycles. The largest absolute Gasteiger partial charge is 0.490 e. The van der Waals surface area contributed by atoms with Crippen molar-refractivity contribution in [2.45, 2.75) is 32.1 Å². The Labute approximate surface area is 96.1 Å². The second-order valence-corrected chi connectivity index (χ2v) is 4.28. The van der Waals surface area contributed by atoms with Crippen LogP contribution in [0, 0.1) is 17.2 Å². The first-order valence-corrected chi connectivity index (χ1v) is 5.88. The van der Waals surface area contributed by atoms with E-state index < -0.39 is 0 Å². The summed E-state index contributed by atoms with van der Waals surface area (Å²) in [6, 6.07) is 5.66. The lowest BCUT2D eigenvalue weighted by molar-refractivity contribution is 0.208. The standard InChI is InChI=1S/C13H16N2O/c14-9-12-13(7-4-8-15-12)16-10-11-5-2-1-3-6-11/h4,7-8,11H,1-3,5-6,10H2. The molecule has 0 unspecified atom stereocenters. The van der Waals surface area contributed by atoms with Gasteiger partial charge in [0.15, 0.2) is 11.4 Å². The fourth-order valence-electron chi connectivity index (χ4n) is 2.15. The molecule has 1 heterocycles. The molecule has 3 heteroatoms. The van der Waals surface area contributed by atoms with Crippen LogP contribution in [0.1, 0.15) is 37.8 Å². The lowest BCUT2D eigenvalue weighted by Gasteiger charge is -2.21. The predicted molar refractivity (Wildman–Crippen MR) is 61.0 cm³/mol. The predicted octanol–water partition coefficient (Wildman–Crippen LogP) is 2.91. The molecule has 0 amide bonds. The van der Waals surface area contributed by atoms with Gasteiger partial charge in [0.05, 0.1) is 6.61 Å². The van der Waals surface area contributed by atoms with Crippen LogP contribution in [-0.2, 0) is 0 Å². The van der Waals surface area contributed by atoms with Gasteiger partial charge in [0.1, 0.15) is 6.07 Å². The molecule has 0 aliphatic heterocycles. The second-order valence-electron chi connectivity index (χ2n) is 4.28. The van der Waals surface area contributed by atoms with E-state index in [0.717, 1.165) is 6.61 Å². The summed E-state index contributed by atoms with van der Waals surface area (Å²) in [7, 11) is 0. The minimum Gasteiger partial charge on any atom is -0.490 e. The van der Waals surface area contributed by atoms with Gasteiger partial charge in [-0.1, -0.05) is 19.3 Å². The molecule has 0 N–H and O–H groups in total. The number of nitriles is 1. The average molecular weight is 216 g/mol. The van der Waals surface area contributed by atoms with Gasteiger partial charge in [0, 0.05) is 6.20 Å². The molecule has 1 saturated carbocycles. The Balaban J connectivity index is 1.91. The highest BCUT2D eigenvalue weighted by Gasteiger charge is 2.14. The highest BCUT2D eigenvalue weighted by atomic mass is 16.5. The van der Waals surface area contributed by atoms with Gasteiger partial charge in [0.25, 0.3) is 0 Å². The molecule has 16 heavy (non-hydrogen) atoms. The van der Waals surface area contributed by atoms with Gasteiger partial charge >= 0.3 is 0 Å². The SMILES string of the molecule is N#Cc1ncccc1OCC1CCCCC1. The van der Waals surface area contributed by atoms with Crippen LogP contribution in [0.4, 0.5) is 0 Å². The topological polar surface area (TPSA) is 45.9 Å². The molecule has 1 aliphatic carbocycles. The highest BCUT2D eigenvalue weighted by molar-refractivity contribution is 5.36. The Bertz CT molecular complexity index is 378. The smallest absolute Gasteiger partial charge is 0.182 e. The number of hydrogen-bond donors (Lipinski definition) is 0. The number of ether oxygens (including phenoxy) is 1. The Hall–Kier alpha value is -1.56. The van der Waals surface area contributed by atoms with Crippen molar-refractivity contribution in [1.82, 2.24) is 4.98 Å². The van der Waals surface area contributed by atoms with Crippen molar-refractivity contribution in [3.8, 4) is 11.8 Å². The monoisotopic (exact) mass is 216 g/mol. The van der Waals surface area contributed by atoms with Crippen LogP contribution >= 0.6 is 0 Å². The fourth-order valence-corrected chi connectivity index (χ4v) is 2.15. The number of hydrogen-bond acceptors (Lipinski definition) is 3. The Kier molecular flexibility index (Phi) is 3.76. The molecule has 1 aromatic rings. The van der Waals surface area contributed by atoms with Gasteiger partial charge in [-0.2, -0.15) is 5.26 Å². The van der Waals surface area contributed by atoms with E-state index in [2.05, 4.69) is 4.98 Å². The summed E-state index contributed by atoms with van der Waals surface area (Å²) in [5.74, 6) is 1.27. The minimum absolute atomic E-state index is 0.387. The van der Waals surface area contributed by atoms with Gasteiger partial charge in [0.2, 0.25) is 0 Å². The normalized spacial score (nSPS) is 16.7. The highest BCUT2D eigenvalue weighted by Crippen LogP contribution is 2.25. The molecule has 1 aliphatic rings. The van der Waals surface area contributed by atoms with Gasteiger partial charge in [-0.25, -0.2) is 4.98 Å². The van der Waals surface area contributed by atoms with E-state index in [1.54, 1.807) is 12.3 Å². The lowest BCUT2D eigenvalue weighted by atomic mass is 9.90. The molecule has 0 bridgehead atoms. The van der Waals surface area contributed by atoms with E-state index >= 15 is 0 Å². The summed E-state index contributed by atoms with van der Waals surface area (Å²) in [6.07, 6.45) is 8.10. The van der Waals surface area contributed by atoms with Crippen LogP contribution < -0.4 is 4.74 Å². The molecule has 3 nitrogen and oxygen atoms in total. The zero-order valence-corrected chi connectivity index (χ0v) is 9.35. The summed E-state index contributed by atoms with van der Waals surface area (Å²) in [6.45, 7) is 0.723. The van der Waals surface area contributed by atoms with Crippen molar-refractivity contribution in [2.75, 3.05) is 6.61 Å². The third-order valence-corrected chi connectivity index (χ3v) is 3.08. The number of nitrogens with zero attached hydrogens (tertiary/aromatic N) is 2. The molecule has 0 spiro atoms. The van der Waals surface area contributed by atoms with E-state index in [4.69, 9.17) is 10.00 Å². The molecule has 0 radical (unpaired) electrons. The van der Waals surface area contributed by atoms with Gasteiger partial charge in [-0.15, -0.1) is 0 Å². The summed E-state index contributed by atoms with van der Waals surface area (Å²) in [4.78, 5) is 3.97. The molecule has 2 rings (SSSR count). The van der Waals surface area contributed by atoms with Crippen molar-refractivity contribution >= 4 is 0 Å². The van der Waals surface area contributed by atoms with Gasteiger partial charge < -0.3 is 4.74 Å². The summed E-state index contributed by atoms with van der Waals surface area (Å²) >= 11 is 0. The van der Waals surface area contributed by atoms with Crippen molar-refractivity contribution in [3.63, 3.8) is 0 Å². The van der Waals surface area contributed by atoms with Crippen molar-refractivity contribution in [3.05, 3.63) is 24.0 Å². The van der Waals surface area contributed by atoms with Crippen LogP contribution in [0.15, 0.2) is 18.3 Å². The maximum Gasteiger partial charge on any atom is 0.182 e. The average Bonchev–Trinajstić information content (AvgIpc) is 2.38. The maximum atomic E-state index is 8.86. The first-order chi connectivity index (χ1) is 7.90. The number of pyridine rings is 1. The molecular formula is C13H16N2O. The first-order valence-electron chi connectivity index (χ1n) is 5.88. The zero-order valence-electron chi connectivity index (χ0n) is 9.35. The van der Waals surface area contributed by atoms with Crippen molar-refractivity contribution < 1.29 is 4.74 Å². The van der Waals surface area contributed by atoms with Crippen LogP contribution in [0.5, 0.6) is 5.75 Å². The van der Waals surface area contributed by atoms with Gasteiger partial charge in [-0.05, 0) is 30.9 Å². The zero-order chi connectivity index (χ0) is 11.2. The van der Waals surface area contributed by atoms with E-state index in [-0.39, 0.29) is 0 Å². The lowest BCUT2D eigenvalue weighted by Crippen LogP contribution is -2.15. The van der Waals surface area contributed by atoms with Crippen LogP contribution in [0.2, 0.25) is 0 Å². The van der Waals surface area contributed by atoms with Crippen molar-refractivity contribution in [1.29, 1.82) is 5.26 Å². The Morgan fingerprint density at radius 3 is 2.94 bits per heavy atom. The van der Waals surface area contributed by atoms with E-state index in [9.17, 15) is 0 Å². The third-order valence-electron chi connectivity index (χ3n) is 3.08. The van der Waals surface area contributed by atoms with E-state index in [0.29, 0.717) is 17.4 Å². The number of aromatic nitrogens is 1. The van der Waals surface area contributed by atoms with E-state index in [1.165, 1.54) is 32.1 Å². The molecule has 0 aromatic carbocycles. The quantitative estimate of drug-likeness (QED) is 0.780.